The normalized spacial score (nSPS) is 12.1. The molecule has 0 saturated carbocycles. The first-order chi connectivity index (χ1) is 9.31. The summed E-state index contributed by atoms with van der Waals surface area (Å²) in [5.41, 5.74) is -2.49. The minimum atomic E-state index is -4.64. The Bertz CT molecular complexity index is 499. The Morgan fingerprint density at radius 2 is 1.90 bits per heavy atom. The molecule has 0 radical (unpaired) electrons. The van der Waals surface area contributed by atoms with Crippen molar-refractivity contribution in [2.45, 2.75) is 25.1 Å². The Balaban J connectivity index is 3.25. The average Bonchev–Trinajstić information content (AvgIpc) is 2.43. The number of nitriles is 1. The van der Waals surface area contributed by atoms with Crippen LogP contribution in [0.1, 0.15) is 24.6 Å². The van der Waals surface area contributed by atoms with E-state index in [1.807, 2.05) is 0 Å². The van der Waals surface area contributed by atoms with Crippen molar-refractivity contribution in [1.82, 2.24) is 4.98 Å². The molecular formula is C12H14F3N3O2. The number of nitrogens with one attached hydrogen (secondary N) is 1. The molecule has 0 aliphatic carbocycles. The molecule has 8 heteroatoms. The Labute approximate surface area is 113 Å². The van der Waals surface area contributed by atoms with Gasteiger partial charge in [-0.1, -0.05) is 6.92 Å². The highest BCUT2D eigenvalue weighted by atomic mass is 19.4. The van der Waals surface area contributed by atoms with E-state index in [1.165, 1.54) is 0 Å². The number of halogens is 3. The molecule has 0 bridgehead atoms. The van der Waals surface area contributed by atoms with Crippen LogP contribution in [0, 0.1) is 11.3 Å². The molecule has 0 aromatic carbocycles. The van der Waals surface area contributed by atoms with Crippen molar-refractivity contribution in [2.24, 2.45) is 0 Å². The number of aromatic nitrogens is 1. The number of hydrogen-bond donors (Lipinski definition) is 3. The molecular weight excluding hydrogens is 275 g/mol. The Hall–Kier alpha value is -1.85. The smallest absolute Gasteiger partial charge is 0.394 e. The molecule has 0 fully saturated rings. The minimum Gasteiger partial charge on any atom is -0.394 e. The molecule has 5 nitrogen and oxygen atoms in total. The van der Waals surface area contributed by atoms with E-state index < -0.39 is 30.6 Å². The van der Waals surface area contributed by atoms with E-state index in [1.54, 1.807) is 13.0 Å². The summed E-state index contributed by atoms with van der Waals surface area (Å²) in [7, 11) is 0. The van der Waals surface area contributed by atoms with Crippen LogP contribution < -0.4 is 5.32 Å². The van der Waals surface area contributed by atoms with Crippen molar-refractivity contribution in [3.05, 3.63) is 23.4 Å². The molecule has 0 aliphatic heterocycles. The van der Waals surface area contributed by atoms with Gasteiger partial charge in [0.05, 0.1) is 24.3 Å². The standard InChI is InChI=1S/C12H14F3N3O2/c1-2-11(6-19,7-20)18-10-8(5-16)3-4-9(17-10)12(13,14)15/h3-4,19-20H,2,6-7H2,1H3,(H,17,18). The van der Waals surface area contributed by atoms with Gasteiger partial charge in [-0.2, -0.15) is 18.4 Å². The van der Waals surface area contributed by atoms with Crippen molar-refractivity contribution >= 4 is 5.82 Å². The lowest BCUT2D eigenvalue weighted by Gasteiger charge is -2.30. The van der Waals surface area contributed by atoms with Crippen molar-refractivity contribution in [1.29, 1.82) is 5.26 Å². The number of pyridine rings is 1. The number of alkyl halides is 3. The van der Waals surface area contributed by atoms with Gasteiger partial charge in [0.15, 0.2) is 0 Å². The molecule has 0 spiro atoms. The van der Waals surface area contributed by atoms with Gasteiger partial charge in [-0.15, -0.1) is 0 Å². The van der Waals surface area contributed by atoms with Crippen molar-refractivity contribution < 1.29 is 23.4 Å². The summed E-state index contributed by atoms with van der Waals surface area (Å²) in [6, 6.07) is 3.41. The summed E-state index contributed by atoms with van der Waals surface area (Å²) in [5.74, 6) is -0.313. The fraction of sp³-hybridized carbons (Fsp3) is 0.500. The van der Waals surface area contributed by atoms with Gasteiger partial charge in [0.2, 0.25) is 0 Å². The van der Waals surface area contributed by atoms with Crippen molar-refractivity contribution in [3.63, 3.8) is 0 Å². The summed E-state index contributed by atoms with van der Waals surface area (Å²) in [6.07, 6.45) is -4.40. The third kappa shape index (κ3) is 3.37. The van der Waals surface area contributed by atoms with E-state index in [9.17, 15) is 23.4 Å². The van der Waals surface area contributed by atoms with Gasteiger partial charge < -0.3 is 15.5 Å². The van der Waals surface area contributed by atoms with Crippen LogP contribution in [0.2, 0.25) is 0 Å². The van der Waals surface area contributed by atoms with E-state index in [-0.39, 0.29) is 17.8 Å². The van der Waals surface area contributed by atoms with Gasteiger partial charge in [-0.3, -0.25) is 0 Å². The molecule has 1 heterocycles. The zero-order chi connectivity index (χ0) is 15.4. The van der Waals surface area contributed by atoms with Crippen LogP contribution in [0.5, 0.6) is 0 Å². The molecule has 0 unspecified atom stereocenters. The molecule has 0 amide bonds. The van der Waals surface area contributed by atoms with Crippen molar-refractivity contribution in [3.8, 4) is 6.07 Å². The van der Waals surface area contributed by atoms with Crippen LogP contribution in [-0.4, -0.2) is 33.9 Å². The quantitative estimate of drug-likeness (QED) is 0.764. The lowest BCUT2D eigenvalue weighted by atomic mass is 9.98. The number of aliphatic hydroxyl groups excluding tert-OH is 2. The molecule has 20 heavy (non-hydrogen) atoms. The topological polar surface area (TPSA) is 89.2 Å². The Morgan fingerprint density at radius 3 is 2.30 bits per heavy atom. The fourth-order valence-corrected chi connectivity index (χ4v) is 1.49. The van der Waals surface area contributed by atoms with Crippen LogP contribution in [0.4, 0.5) is 19.0 Å². The summed E-state index contributed by atoms with van der Waals surface area (Å²) in [6.45, 7) is 0.616. The van der Waals surface area contributed by atoms with Crippen LogP contribution >= 0.6 is 0 Å². The molecule has 3 N–H and O–H groups in total. The van der Waals surface area contributed by atoms with E-state index in [4.69, 9.17) is 5.26 Å². The lowest BCUT2D eigenvalue weighted by molar-refractivity contribution is -0.141. The number of anilines is 1. The molecule has 1 rings (SSSR count). The number of aliphatic hydroxyl groups is 2. The van der Waals surface area contributed by atoms with Crippen LogP contribution in [0.3, 0.4) is 0 Å². The van der Waals surface area contributed by atoms with E-state index in [0.29, 0.717) is 6.07 Å². The monoisotopic (exact) mass is 289 g/mol. The van der Waals surface area contributed by atoms with Crippen LogP contribution in [0.25, 0.3) is 0 Å². The summed E-state index contributed by atoms with van der Waals surface area (Å²) < 4.78 is 37.8. The third-order valence-electron chi connectivity index (χ3n) is 2.97. The number of hydrogen-bond acceptors (Lipinski definition) is 5. The van der Waals surface area contributed by atoms with Crippen molar-refractivity contribution in [2.75, 3.05) is 18.5 Å². The number of nitrogens with zero attached hydrogens (tertiary/aromatic N) is 2. The Morgan fingerprint density at radius 1 is 1.30 bits per heavy atom. The fourth-order valence-electron chi connectivity index (χ4n) is 1.49. The second-order valence-corrected chi connectivity index (χ2v) is 4.28. The molecule has 0 saturated heterocycles. The first-order valence-electron chi connectivity index (χ1n) is 5.80. The maximum absolute atomic E-state index is 12.6. The maximum atomic E-state index is 12.6. The van der Waals surface area contributed by atoms with Crippen LogP contribution in [-0.2, 0) is 6.18 Å². The molecule has 1 aromatic heterocycles. The first kappa shape index (κ1) is 16.2. The summed E-state index contributed by atoms with van der Waals surface area (Å²) >= 11 is 0. The second-order valence-electron chi connectivity index (χ2n) is 4.28. The predicted molar refractivity (Wildman–Crippen MR) is 64.8 cm³/mol. The number of rotatable bonds is 5. The van der Waals surface area contributed by atoms with E-state index in [2.05, 4.69) is 10.3 Å². The van der Waals surface area contributed by atoms with Gasteiger partial charge in [-0.05, 0) is 18.6 Å². The minimum absolute atomic E-state index is 0.0993. The average molecular weight is 289 g/mol. The SMILES string of the molecule is CCC(CO)(CO)Nc1nc(C(F)(F)F)ccc1C#N. The molecule has 0 atom stereocenters. The van der Waals surface area contributed by atoms with Gasteiger partial charge in [0, 0.05) is 0 Å². The van der Waals surface area contributed by atoms with Crippen LogP contribution in [0.15, 0.2) is 12.1 Å². The highest BCUT2D eigenvalue weighted by Gasteiger charge is 2.34. The van der Waals surface area contributed by atoms with Gasteiger partial charge in [0.1, 0.15) is 17.6 Å². The molecule has 110 valence electrons. The second kappa shape index (κ2) is 6.07. The van der Waals surface area contributed by atoms with E-state index >= 15 is 0 Å². The lowest BCUT2D eigenvalue weighted by Crippen LogP contribution is -2.45. The maximum Gasteiger partial charge on any atom is 0.433 e. The largest absolute Gasteiger partial charge is 0.433 e. The molecule has 0 aliphatic rings. The zero-order valence-corrected chi connectivity index (χ0v) is 10.7. The highest BCUT2D eigenvalue weighted by Crippen LogP contribution is 2.30. The highest BCUT2D eigenvalue weighted by molar-refractivity contribution is 5.54. The van der Waals surface area contributed by atoms with Gasteiger partial charge in [0.25, 0.3) is 0 Å². The van der Waals surface area contributed by atoms with Gasteiger partial charge in [-0.25, -0.2) is 4.98 Å². The summed E-state index contributed by atoms with van der Waals surface area (Å²) in [5, 5.41) is 30.0. The molecule has 1 aromatic rings. The first-order valence-corrected chi connectivity index (χ1v) is 5.80. The predicted octanol–water partition coefficient (Wildman–Crippen LogP) is 1.52. The zero-order valence-electron chi connectivity index (χ0n) is 10.7. The Kier molecular flexibility index (Phi) is 4.92. The van der Waals surface area contributed by atoms with E-state index in [0.717, 1.165) is 6.07 Å². The summed E-state index contributed by atoms with van der Waals surface area (Å²) in [4.78, 5) is 3.36. The van der Waals surface area contributed by atoms with Gasteiger partial charge >= 0.3 is 6.18 Å². The third-order valence-corrected chi connectivity index (χ3v) is 2.97.